The van der Waals surface area contributed by atoms with Crippen molar-refractivity contribution in [2.45, 2.75) is 44.2 Å². The van der Waals surface area contributed by atoms with E-state index in [2.05, 4.69) is 16.0 Å². The van der Waals surface area contributed by atoms with E-state index >= 15 is 0 Å². The molecule has 0 saturated heterocycles. The van der Waals surface area contributed by atoms with Crippen LogP contribution in [0.25, 0.3) is 0 Å². The van der Waals surface area contributed by atoms with Crippen LogP contribution in [0.4, 0.5) is 0 Å². The molecule has 4 nitrogen and oxygen atoms in total. The maximum atomic E-state index is 12.5. The van der Waals surface area contributed by atoms with Crippen LogP contribution in [0.5, 0.6) is 5.75 Å². The third kappa shape index (κ3) is 3.95. The van der Waals surface area contributed by atoms with Crippen molar-refractivity contribution >= 4 is 5.91 Å². The summed E-state index contributed by atoms with van der Waals surface area (Å²) >= 11 is 0. The molecule has 23 heavy (non-hydrogen) atoms. The van der Waals surface area contributed by atoms with Gasteiger partial charge in [0.2, 0.25) is 5.91 Å². The zero-order valence-electron chi connectivity index (χ0n) is 13.6. The van der Waals surface area contributed by atoms with E-state index in [0.29, 0.717) is 12.5 Å². The highest BCUT2D eigenvalue weighted by molar-refractivity contribution is 5.77. The Hall–Kier alpha value is -2.23. The van der Waals surface area contributed by atoms with E-state index in [-0.39, 0.29) is 11.9 Å². The predicted octanol–water partition coefficient (Wildman–Crippen LogP) is 3.54. The molecule has 0 aliphatic heterocycles. The number of aromatic nitrogens is 1. The lowest BCUT2D eigenvalue weighted by atomic mass is 10.0. The molecule has 3 rings (SSSR count). The lowest BCUT2D eigenvalue weighted by molar-refractivity contribution is -0.122. The molecule has 1 aliphatic carbocycles. The molecule has 1 fully saturated rings. The SMILES string of the molecule is COc1cccc([C@H](CC(=O)NC2CCCC2)n2cccc2)c1. The number of carbonyl (C=O) groups excluding carboxylic acids is 1. The van der Waals surface area contributed by atoms with Gasteiger partial charge in [0.15, 0.2) is 0 Å². The van der Waals surface area contributed by atoms with Gasteiger partial charge >= 0.3 is 0 Å². The van der Waals surface area contributed by atoms with Crippen molar-refractivity contribution in [3.05, 3.63) is 54.4 Å². The van der Waals surface area contributed by atoms with Crippen LogP contribution >= 0.6 is 0 Å². The molecule has 0 spiro atoms. The Bertz CT molecular complexity index is 631. The van der Waals surface area contributed by atoms with E-state index < -0.39 is 0 Å². The summed E-state index contributed by atoms with van der Waals surface area (Å²) < 4.78 is 7.41. The lowest BCUT2D eigenvalue weighted by Crippen LogP contribution is -2.34. The van der Waals surface area contributed by atoms with E-state index in [9.17, 15) is 4.79 Å². The van der Waals surface area contributed by atoms with Gasteiger partial charge in [-0.15, -0.1) is 0 Å². The van der Waals surface area contributed by atoms with Crippen LogP contribution in [0.3, 0.4) is 0 Å². The second kappa shape index (κ2) is 7.36. The van der Waals surface area contributed by atoms with Crippen LogP contribution in [-0.2, 0) is 4.79 Å². The van der Waals surface area contributed by atoms with Crippen molar-refractivity contribution in [3.63, 3.8) is 0 Å². The second-order valence-electron chi connectivity index (χ2n) is 6.18. The van der Waals surface area contributed by atoms with Crippen molar-refractivity contribution in [1.29, 1.82) is 0 Å². The average Bonchev–Trinajstić information content (AvgIpc) is 3.26. The van der Waals surface area contributed by atoms with Gasteiger partial charge in [0.05, 0.1) is 19.6 Å². The highest BCUT2D eigenvalue weighted by Gasteiger charge is 2.21. The molecule has 1 heterocycles. The summed E-state index contributed by atoms with van der Waals surface area (Å²) in [4.78, 5) is 12.5. The summed E-state index contributed by atoms with van der Waals surface area (Å²) in [5.74, 6) is 0.939. The molecular formula is C19H24N2O2. The summed E-state index contributed by atoms with van der Waals surface area (Å²) in [5, 5.41) is 3.19. The third-order valence-corrected chi connectivity index (χ3v) is 4.56. The molecule has 1 aliphatic rings. The fraction of sp³-hybridized carbons (Fsp3) is 0.421. The molecule has 1 amide bonds. The highest BCUT2D eigenvalue weighted by Crippen LogP contribution is 2.26. The molecule has 2 aromatic rings. The molecular weight excluding hydrogens is 288 g/mol. The monoisotopic (exact) mass is 312 g/mol. The van der Waals surface area contributed by atoms with Gasteiger partial charge in [-0.25, -0.2) is 0 Å². The molecule has 1 saturated carbocycles. The molecule has 0 unspecified atom stereocenters. The Kier molecular flexibility index (Phi) is 5.01. The Labute approximate surface area is 137 Å². The largest absolute Gasteiger partial charge is 0.497 e. The van der Waals surface area contributed by atoms with E-state index in [1.807, 2.05) is 42.7 Å². The average molecular weight is 312 g/mol. The maximum Gasteiger partial charge on any atom is 0.222 e. The van der Waals surface area contributed by atoms with Crippen LogP contribution in [0.1, 0.15) is 43.7 Å². The van der Waals surface area contributed by atoms with Crippen molar-refractivity contribution in [3.8, 4) is 5.75 Å². The molecule has 0 bridgehead atoms. The van der Waals surface area contributed by atoms with Gasteiger partial charge in [0.1, 0.15) is 5.75 Å². The van der Waals surface area contributed by atoms with E-state index in [1.54, 1.807) is 7.11 Å². The standard InChI is InChI=1S/C19H24N2O2/c1-23-17-10-6-7-15(13-17)18(21-11-4-5-12-21)14-19(22)20-16-8-2-3-9-16/h4-7,10-13,16,18H,2-3,8-9,14H2,1H3,(H,20,22)/t18-/m0/s1. The highest BCUT2D eigenvalue weighted by atomic mass is 16.5. The van der Waals surface area contributed by atoms with Gasteiger partial charge in [0.25, 0.3) is 0 Å². The fourth-order valence-corrected chi connectivity index (χ4v) is 3.33. The van der Waals surface area contributed by atoms with Gasteiger partial charge in [0, 0.05) is 18.4 Å². The lowest BCUT2D eigenvalue weighted by Gasteiger charge is -2.21. The quantitative estimate of drug-likeness (QED) is 0.886. The van der Waals surface area contributed by atoms with E-state index in [4.69, 9.17) is 4.74 Å². The number of methoxy groups -OCH3 is 1. The summed E-state index contributed by atoms with van der Waals surface area (Å²) in [6, 6.07) is 12.3. The van der Waals surface area contributed by atoms with Gasteiger partial charge in [-0.05, 0) is 42.7 Å². The van der Waals surface area contributed by atoms with Crippen LogP contribution in [0.2, 0.25) is 0 Å². The Morgan fingerprint density at radius 3 is 2.70 bits per heavy atom. The minimum Gasteiger partial charge on any atom is -0.497 e. The number of nitrogens with zero attached hydrogens (tertiary/aromatic N) is 1. The number of ether oxygens (including phenoxy) is 1. The summed E-state index contributed by atoms with van der Waals surface area (Å²) in [7, 11) is 1.66. The van der Waals surface area contributed by atoms with Gasteiger partial charge in [-0.3, -0.25) is 4.79 Å². The van der Waals surface area contributed by atoms with Crippen molar-refractivity contribution in [1.82, 2.24) is 9.88 Å². The predicted molar refractivity (Wildman–Crippen MR) is 90.6 cm³/mol. The minimum atomic E-state index is -0.0125. The summed E-state index contributed by atoms with van der Waals surface area (Å²) in [6.07, 6.45) is 9.13. The number of benzene rings is 1. The normalized spacial score (nSPS) is 16.2. The Balaban J connectivity index is 1.77. The van der Waals surface area contributed by atoms with Crippen LogP contribution < -0.4 is 10.1 Å². The van der Waals surface area contributed by atoms with Gasteiger partial charge in [-0.2, -0.15) is 0 Å². The first-order valence-corrected chi connectivity index (χ1v) is 8.32. The molecule has 0 radical (unpaired) electrons. The topological polar surface area (TPSA) is 43.3 Å². The fourth-order valence-electron chi connectivity index (χ4n) is 3.33. The minimum absolute atomic E-state index is 0.0125. The van der Waals surface area contributed by atoms with Crippen LogP contribution in [-0.4, -0.2) is 23.6 Å². The van der Waals surface area contributed by atoms with Gasteiger partial charge < -0.3 is 14.6 Å². The third-order valence-electron chi connectivity index (χ3n) is 4.56. The van der Waals surface area contributed by atoms with Crippen LogP contribution in [0, 0.1) is 0 Å². The first-order chi connectivity index (χ1) is 11.3. The molecule has 1 aromatic carbocycles. The first-order valence-electron chi connectivity index (χ1n) is 8.32. The Morgan fingerprint density at radius 1 is 1.26 bits per heavy atom. The number of nitrogens with one attached hydrogen (secondary N) is 1. The van der Waals surface area contributed by atoms with Crippen molar-refractivity contribution < 1.29 is 9.53 Å². The molecule has 1 aromatic heterocycles. The first kappa shape index (κ1) is 15.7. The smallest absolute Gasteiger partial charge is 0.222 e. The number of rotatable bonds is 6. The number of amides is 1. The summed E-state index contributed by atoms with van der Waals surface area (Å²) in [6.45, 7) is 0. The van der Waals surface area contributed by atoms with Gasteiger partial charge in [-0.1, -0.05) is 25.0 Å². The van der Waals surface area contributed by atoms with Crippen LogP contribution in [0.15, 0.2) is 48.8 Å². The Morgan fingerprint density at radius 2 is 2.00 bits per heavy atom. The number of hydrogen-bond donors (Lipinski definition) is 1. The molecule has 122 valence electrons. The second-order valence-corrected chi connectivity index (χ2v) is 6.18. The molecule has 4 heteroatoms. The number of hydrogen-bond acceptors (Lipinski definition) is 2. The molecule has 1 N–H and O–H groups in total. The van der Waals surface area contributed by atoms with E-state index in [0.717, 1.165) is 24.2 Å². The molecule has 1 atom stereocenters. The zero-order valence-corrected chi connectivity index (χ0v) is 13.6. The summed E-state index contributed by atoms with van der Waals surface area (Å²) in [5.41, 5.74) is 1.09. The number of carbonyl (C=O) groups is 1. The van der Waals surface area contributed by atoms with Crippen molar-refractivity contribution in [2.24, 2.45) is 0 Å². The van der Waals surface area contributed by atoms with E-state index in [1.165, 1.54) is 12.8 Å². The maximum absolute atomic E-state index is 12.5. The zero-order chi connectivity index (χ0) is 16.1. The van der Waals surface area contributed by atoms with Crippen molar-refractivity contribution in [2.75, 3.05) is 7.11 Å².